The summed E-state index contributed by atoms with van der Waals surface area (Å²) < 4.78 is 5.82. The maximum Gasteiger partial charge on any atom is 0.222 e. The lowest BCUT2D eigenvalue weighted by Crippen LogP contribution is -1.96. The summed E-state index contributed by atoms with van der Waals surface area (Å²) in [5, 5.41) is 4.23. The Kier molecular flexibility index (Phi) is 4.83. The van der Waals surface area contributed by atoms with Gasteiger partial charge < -0.3 is 9.72 Å². The van der Waals surface area contributed by atoms with E-state index in [1.54, 1.807) is 6.21 Å². The predicted octanol–water partition coefficient (Wildman–Crippen LogP) is 4.90. The van der Waals surface area contributed by atoms with Crippen molar-refractivity contribution in [3.8, 4) is 5.75 Å². The number of para-hydroxylation sites is 2. The molecule has 1 heterocycles. The van der Waals surface area contributed by atoms with E-state index in [0.717, 1.165) is 27.9 Å². The molecule has 0 atom stereocenters. The summed E-state index contributed by atoms with van der Waals surface area (Å²) in [6.07, 6.45) is 1.75. The molecule has 5 nitrogen and oxygen atoms in total. The average Bonchev–Trinajstić information content (AvgIpc) is 3.11. The minimum atomic E-state index is 0.557. The van der Waals surface area contributed by atoms with Crippen LogP contribution in [0, 0.1) is 6.92 Å². The first kappa shape index (κ1) is 16.8. The first-order valence-corrected chi connectivity index (χ1v) is 8.78. The van der Waals surface area contributed by atoms with Gasteiger partial charge in [0.25, 0.3) is 0 Å². The number of aryl methyl sites for hydroxylation is 1. The van der Waals surface area contributed by atoms with Crippen LogP contribution in [0.2, 0.25) is 0 Å². The topological polar surface area (TPSA) is 62.3 Å². The van der Waals surface area contributed by atoms with Gasteiger partial charge in [-0.1, -0.05) is 42.0 Å². The van der Waals surface area contributed by atoms with Crippen molar-refractivity contribution in [1.29, 1.82) is 0 Å². The Morgan fingerprint density at radius 1 is 1.00 bits per heavy atom. The van der Waals surface area contributed by atoms with E-state index in [1.807, 2.05) is 48.5 Å². The largest absolute Gasteiger partial charge is 0.489 e. The molecule has 0 unspecified atom stereocenters. The first-order chi connectivity index (χ1) is 13.3. The van der Waals surface area contributed by atoms with Crippen LogP contribution < -0.4 is 10.2 Å². The number of benzene rings is 3. The van der Waals surface area contributed by atoms with E-state index in [0.29, 0.717) is 12.6 Å². The van der Waals surface area contributed by atoms with Gasteiger partial charge in [0.2, 0.25) is 5.95 Å². The molecule has 0 amide bonds. The van der Waals surface area contributed by atoms with Crippen LogP contribution >= 0.6 is 0 Å². The fourth-order valence-corrected chi connectivity index (χ4v) is 2.67. The van der Waals surface area contributed by atoms with Crippen molar-refractivity contribution >= 4 is 23.2 Å². The monoisotopic (exact) mass is 356 g/mol. The van der Waals surface area contributed by atoms with Crippen molar-refractivity contribution in [2.75, 3.05) is 5.43 Å². The zero-order valence-corrected chi connectivity index (χ0v) is 15.0. The van der Waals surface area contributed by atoms with E-state index in [1.165, 1.54) is 5.56 Å². The highest BCUT2D eigenvalue weighted by Gasteiger charge is 2.00. The van der Waals surface area contributed by atoms with Gasteiger partial charge in [-0.05, 0) is 54.4 Å². The van der Waals surface area contributed by atoms with Gasteiger partial charge in [-0.25, -0.2) is 10.4 Å². The molecule has 0 radical (unpaired) electrons. The van der Waals surface area contributed by atoms with E-state index in [-0.39, 0.29) is 0 Å². The Bertz CT molecular complexity index is 1020. The summed E-state index contributed by atoms with van der Waals surface area (Å²) in [5.74, 6) is 1.45. The molecular weight excluding hydrogens is 336 g/mol. The molecule has 0 aliphatic rings. The van der Waals surface area contributed by atoms with Gasteiger partial charge in [-0.2, -0.15) is 5.10 Å². The van der Waals surface area contributed by atoms with Crippen molar-refractivity contribution < 1.29 is 4.74 Å². The van der Waals surface area contributed by atoms with Crippen molar-refractivity contribution in [2.24, 2.45) is 5.10 Å². The van der Waals surface area contributed by atoms with E-state index in [9.17, 15) is 0 Å². The molecule has 4 aromatic rings. The summed E-state index contributed by atoms with van der Waals surface area (Å²) in [6, 6.07) is 24.0. The zero-order valence-electron chi connectivity index (χ0n) is 15.0. The Morgan fingerprint density at radius 3 is 2.56 bits per heavy atom. The van der Waals surface area contributed by atoms with Gasteiger partial charge >= 0.3 is 0 Å². The number of hydrogen-bond acceptors (Lipinski definition) is 4. The molecule has 0 fully saturated rings. The van der Waals surface area contributed by atoms with Crippen LogP contribution in [0.5, 0.6) is 5.75 Å². The van der Waals surface area contributed by atoms with Gasteiger partial charge in [0.05, 0.1) is 17.2 Å². The molecule has 4 rings (SSSR count). The normalized spacial score (nSPS) is 11.1. The maximum atomic E-state index is 5.82. The fourth-order valence-electron chi connectivity index (χ4n) is 2.67. The summed E-state index contributed by atoms with van der Waals surface area (Å²) in [7, 11) is 0. The van der Waals surface area contributed by atoms with Crippen LogP contribution in [0.3, 0.4) is 0 Å². The van der Waals surface area contributed by atoms with Crippen LogP contribution in [0.25, 0.3) is 11.0 Å². The molecule has 0 spiro atoms. The molecule has 3 aromatic carbocycles. The van der Waals surface area contributed by atoms with Crippen LogP contribution in [-0.4, -0.2) is 16.2 Å². The quantitative estimate of drug-likeness (QED) is 0.382. The SMILES string of the molecule is Cc1ccc(COc2ccc(/C=N\Nc3nc4ccccc4[nH]3)cc2)cc1. The van der Waals surface area contributed by atoms with E-state index in [4.69, 9.17) is 4.74 Å². The van der Waals surface area contributed by atoms with Crippen molar-refractivity contribution in [1.82, 2.24) is 9.97 Å². The van der Waals surface area contributed by atoms with Crippen LogP contribution in [-0.2, 0) is 6.61 Å². The molecule has 5 heteroatoms. The van der Waals surface area contributed by atoms with E-state index >= 15 is 0 Å². The standard InChI is InChI=1S/C22H20N4O/c1-16-6-8-18(9-7-16)15-27-19-12-10-17(11-13-19)14-23-26-22-24-20-4-2-3-5-21(20)25-22/h2-14H,15H2,1H3,(H2,24,25,26)/b23-14-. The number of anilines is 1. The zero-order chi connectivity index (χ0) is 18.5. The molecule has 0 saturated heterocycles. The van der Waals surface area contributed by atoms with E-state index < -0.39 is 0 Å². The van der Waals surface area contributed by atoms with Gasteiger partial charge in [-0.3, -0.25) is 0 Å². The summed E-state index contributed by atoms with van der Waals surface area (Å²) in [5.41, 5.74) is 8.18. The number of fused-ring (bicyclic) bond motifs is 1. The minimum Gasteiger partial charge on any atom is -0.489 e. The number of aromatic amines is 1. The van der Waals surface area contributed by atoms with Gasteiger partial charge in [-0.15, -0.1) is 0 Å². The number of rotatable bonds is 6. The number of H-pyrrole nitrogens is 1. The third-order valence-electron chi connectivity index (χ3n) is 4.18. The van der Waals surface area contributed by atoms with Crippen molar-refractivity contribution in [3.63, 3.8) is 0 Å². The number of ether oxygens (including phenoxy) is 1. The summed E-state index contributed by atoms with van der Waals surface area (Å²) in [4.78, 5) is 7.59. The molecule has 0 aliphatic heterocycles. The minimum absolute atomic E-state index is 0.557. The molecular formula is C22H20N4O. The molecule has 2 N–H and O–H groups in total. The van der Waals surface area contributed by atoms with Gasteiger partial charge in [0, 0.05) is 0 Å². The lowest BCUT2D eigenvalue weighted by atomic mass is 10.2. The molecule has 0 bridgehead atoms. The number of imidazole rings is 1. The Labute approximate surface area is 157 Å². The third-order valence-corrected chi connectivity index (χ3v) is 4.18. The van der Waals surface area contributed by atoms with Crippen molar-refractivity contribution in [3.05, 3.63) is 89.5 Å². The molecule has 134 valence electrons. The fraction of sp³-hybridized carbons (Fsp3) is 0.0909. The average molecular weight is 356 g/mol. The van der Waals surface area contributed by atoms with E-state index in [2.05, 4.69) is 51.7 Å². The van der Waals surface area contributed by atoms with Crippen LogP contribution in [0.1, 0.15) is 16.7 Å². The highest BCUT2D eigenvalue weighted by molar-refractivity contribution is 5.81. The smallest absolute Gasteiger partial charge is 0.222 e. The number of nitrogens with one attached hydrogen (secondary N) is 2. The summed E-state index contributed by atoms with van der Waals surface area (Å²) in [6.45, 7) is 2.63. The Hall–Kier alpha value is -3.60. The number of hydrazone groups is 1. The number of aromatic nitrogens is 2. The maximum absolute atomic E-state index is 5.82. The number of hydrogen-bond donors (Lipinski definition) is 2. The molecule has 0 saturated carbocycles. The highest BCUT2D eigenvalue weighted by atomic mass is 16.5. The highest BCUT2D eigenvalue weighted by Crippen LogP contribution is 2.15. The lowest BCUT2D eigenvalue weighted by molar-refractivity contribution is 0.306. The second kappa shape index (κ2) is 7.74. The lowest BCUT2D eigenvalue weighted by Gasteiger charge is -2.06. The van der Waals surface area contributed by atoms with Crippen molar-refractivity contribution in [2.45, 2.75) is 13.5 Å². The van der Waals surface area contributed by atoms with Gasteiger partial charge in [0.1, 0.15) is 12.4 Å². The Balaban J connectivity index is 1.33. The molecule has 27 heavy (non-hydrogen) atoms. The first-order valence-electron chi connectivity index (χ1n) is 8.78. The predicted molar refractivity (Wildman–Crippen MR) is 109 cm³/mol. The molecule has 1 aromatic heterocycles. The second-order valence-corrected chi connectivity index (χ2v) is 6.32. The number of nitrogens with zero attached hydrogens (tertiary/aromatic N) is 2. The van der Waals surface area contributed by atoms with Crippen LogP contribution in [0.15, 0.2) is 77.9 Å². The third kappa shape index (κ3) is 4.33. The Morgan fingerprint density at radius 2 is 1.78 bits per heavy atom. The second-order valence-electron chi connectivity index (χ2n) is 6.32. The molecule has 0 aliphatic carbocycles. The van der Waals surface area contributed by atoms with Crippen LogP contribution in [0.4, 0.5) is 5.95 Å². The summed E-state index contributed by atoms with van der Waals surface area (Å²) >= 11 is 0. The van der Waals surface area contributed by atoms with Gasteiger partial charge in [0.15, 0.2) is 0 Å².